The highest BCUT2D eigenvalue weighted by atomic mass is 32.1. The summed E-state index contributed by atoms with van der Waals surface area (Å²) in [6.45, 7) is 2.09. The molecular weight excluding hydrogens is 423 g/mol. The Morgan fingerprint density at radius 3 is 2.81 bits per heavy atom. The molecule has 0 fully saturated rings. The smallest absolute Gasteiger partial charge is 0.316 e. The van der Waals surface area contributed by atoms with E-state index in [1.165, 1.54) is 47.3 Å². The maximum atomic E-state index is 13.6. The molecule has 0 unspecified atom stereocenters. The van der Waals surface area contributed by atoms with Crippen molar-refractivity contribution in [1.82, 2.24) is 14.5 Å². The molecule has 0 bridgehead atoms. The molecule has 0 aliphatic heterocycles. The Kier molecular flexibility index (Phi) is 5.38. The standard InChI is InChI=1S/C21H17FN4O4S/c1-3-26-16-6-4-11(8-14(16)23-19(28)20(26)29)18(27)25-21-24-15(10-31-21)13-9-12(22)5-7-17(13)30-2/h4-10H,3H2,1-2H3,(H,23,28)(H,24,25,27). The minimum atomic E-state index is -0.750. The number of anilines is 1. The number of hydrogen-bond acceptors (Lipinski definition) is 6. The normalized spacial score (nSPS) is 10.9. The first-order valence-electron chi connectivity index (χ1n) is 9.29. The highest BCUT2D eigenvalue weighted by molar-refractivity contribution is 7.14. The summed E-state index contributed by atoms with van der Waals surface area (Å²) in [5, 5.41) is 4.70. The molecule has 0 aliphatic rings. The molecule has 2 aromatic carbocycles. The molecule has 0 spiro atoms. The minimum Gasteiger partial charge on any atom is -0.496 e. The third-order valence-corrected chi connectivity index (χ3v) is 5.47. The first kappa shape index (κ1) is 20.5. The number of ether oxygens (including phenoxy) is 1. The fraction of sp³-hybridized carbons (Fsp3) is 0.143. The molecule has 8 nitrogen and oxygen atoms in total. The minimum absolute atomic E-state index is 0.282. The summed E-state index contributed by atoms with van der Waals surface area (Å²) in [6.07, 6.45) is 0. The van der Waals surface area contributed by atoms with E-state index in [0.717, 1.165) is 0 Å². The largest absolute Gasteiger partial charge is 0.496 e. The van der Waals surface area contributed by atoms with E-state index in [1.54, 1.807) is 24.4 Å². The average molecular weight is 440 g/mol. The maximum absolute atomic E-state index is 13.6. The van der Waals surface area contributed by atoms with Crippen LogP contribution in [0.4, 0.5) is 9.52 Å². The molecule has 2 aromatic heterocycles. The molecule has 31 heavy (non-hydrogen) atoms. The Labute approximate surface area is 179 Å². The predicted octanol–water partition coefficient (Wildman–Crippen LogP) is 3.23. The van der Waals surface area contributed by atoms with Crippen LogP contribution in [0.2, 0.25) is 0 Å². The summed E-state index contributed by atoms with van der Waals surface area (Å²) < 4.78 is 20.2. The van der Waals surface area contributed by atoms with Gasteiger partial charge in [0.25, 0.3) is 5.91 Å². The number of thiazole rings is 1. The lowest BCUT2D eigenvalue weighted by Gasteiger charge is -2.08. The number of rotatable bonds is 5. The summed E-state index contributed by atoms with van der Waals surface area (Å²) >= 11 is 1.18. The van der Waals surface area contributed by atoms with Gasteiger partial charge < -0.3 is 14.3 Å². The van der Waals surface area contributed by atoms with Crippen molar-refractivity contribution in [2.75, 3.05) is 12.4 Å². The zero-order valence-electron chi connectivity index (χ0n) is 16.6. The number of aromatic nitrogens is 3. The van der Waals surface area contributed by atoms with E-state index in [2.05, 4.69) is 15.3 Å². The van der Waals surface area contributed by atoms with Gasteiger partial charge in [0.1, 0.15) is 11.6 Å². The number of nitrogens with one attached hydrogen (secondary N) is 2. The maximum Gasteiger partial charge on any atom is 0.316 e. The van der Waals surface area contributed by atoms with Gasteiger partial charge in [0, 0.05) is 23.1 Å². The zero-order chi connectivity index (χ0) is 22.1. The van der Waals surface area contributed by atoms with E-state index in [-0.39, 0.29) is 5.56 Å². The van der Waals surface area contributed by atoms with Gasteiger partial charge in [-0.2, -0.15) is 0 Å². The molecule has 0 aliphatic carbocycles. The Bertz CT molecular complexity index is 1420. The van der Waals surface area contributed by atoms with Crippen molar-refractivity contribution in [3.63, 3.8) is 0 Å². The van der Waals surface area contributed by atoms with Gasteiger partial charge >= 0.3 is 11.1 Å². The molecule has 158 valence electrons. The molecule has 0 saturated carbocycles. The molecule has 10 heteroatoms. The SMILES string of the molecule is CCn1c(=O)c(=O)[nH]c2cc(C(=O)Nc3nc(-c4cc(F)ccc4OC)cs3)ccc21. The van der Waals surface area contributed by atoms with Crippen LogP contribution in [0.3, 0.4) is 0 Å². The van der Waals surface area contributed by atoms with Gasteiger partial charge in [0.2, 0.25) is 0 Å². The number of methoxy groups -OCH3 is 1. The lowest BCUT2D eigenvalue weighted by Crippen LogP contribution is -2.36. The number of halogens is 1. The molecule has 0 atom stereocenters. The van der Waals surface area contributed by atoms with E-state index < -0.39 is 22.8 Å². The second-order valence-electron chi connectivity index (χ2n) is 6.57. The van der Waals surface area contributed by atoms with Gasteiger partial charge in [-0.15, -0.1) is 11.3 Å². The highest BCUT2D eigenvalue weighted by Gasteiger charge is 2.15. The summed E-state index contributed by atoms with van der Waals surface area (Å²) in [5.74, 6) is -0.403. The van der Waals surface area contributed by atoms with Crippen LogP contribution in [0.25, 0.3) is 22.3 Å². The number of amides is 1. The number of fused-ring (bicyclic) bond motifs is 1. The molecule has 0 radical (unpaired) electrons. The Morgan fingerprint density at radius 1 is 1.26 bits per heavy atom. The van der Waals surface area contributed by atoms with Gasteiger partial charge in [-0.05, 0) is 43.3 Å². The predicted molar refractivity (Wildman–Crippen MR) is 117 cm³/mol. The Balaban J connectivity index is 1.63. The van der Waals surface area contributed by atoms with Crippen molar-refractivity contribution >= 4 is 33.4 Å². The Hall–Kier alpha value is -3.79. The van der Waals surface area contributed by atoms with Crippen LogP contribution in [0.15, 0.2) is 51.4 Å². The first-order valence-corrected chi connectivity index (χ1v) is 10.2. The Morgan fingerprint density at radius 2 is 2.06 bits per heavy atom. The van der Waals surface area contributed by atoms with Crippen molar-refractivity contribution in [3.05, 3.63) is 73.9 Å². The molecule has 2 N–H and O–H groups in total. The molecule has 0 saturated heterocycles. The fourth-order valence-corrected chi connectivity index (χ4v) is 3.94. The van der Waals surface area contributed by atoms with E-state index in [4.69, 9.17) is 4.74 Å². The van der Waals surface area contributed by atoms with E-state index in [9.17, 15) is 18.8 Å². The van der Waals surface area contributed by atoms with E-state index in [1.807, 2.05) is 0 Å². The van der Waals surface area contributed by atoms with Gasteiger partial charge in [0.15, 0.2) is 5.13 Å². The lowest BCUT2D eigenvalue weighted by molar-refractivity contribution is 0.102. The van der Waals surface area contributed by atoms with Crippen LogP contribution >= 0.6 is 11.3 Å². The number of carbonyl (C=O) groups excluding carboxylic acids is 1. The number of hydrogen-bond donors (Lipinski definition) is 2. The van der Waals surface area contributed by atoms with Crippen LogP contribution in [0, 0.1) is 5.82 Å². The molecular formula is C21H17FN4O4S. The van der Waals surface area contributed by atoms with Gasteiger partial charge in [-0.1, -0.05) is 0 Å². The van der Waals surface area contributed by atoms with Crippen molar-refractivity contribution in [3.8, 4) is 17.0 Å². The van der Waals surface area contributed by atoms with Crippen LogP contribution in [0.5, 0.6) is 5.75 Å². The van der Waals surface area contributed by atoms with Crippen molar-refractivity contribution < 1.29 is 13.9 Å². The van der Waals surface area contributed by atoms with Gasteiger partial charge in [0.05, 0.1) is 23.8 Å². The van der Waals surface area contributed by atoms with Crippen LogP contribution < -0.4 is 21.2 Å². The highest BCUT2D eigenvalue weighted by Crippen LogP contribution is 2.33. The number of carbonyl (C=O) groups is 1. The monoisotopic (exact) mass is 440 g/mol. The lowest BCUT2D eigenvalue weighted by atomic mass is 10.1. The molecule has 4 rings (SSSR count). The number of nitrogens with zero attached hydrogens (tertiary/aromatic N) is 2. The first-order chi connectivity index (χ1) is 14.9. The van der Waals surface area contributed by atoms with Crippen LogP contribution in [-0.2, 0) is 6.54 Å². The molecule has 2 heterocycles. The summed E-state index contributed by atoms with van der Waals surface area (Å²) in [5.41, 5.74) is 0.730. The number of aryl methyl sites for hydroxylation is 1. The number of H-pyrrole nitrogens is 1. The summed E-state index contributed by atoms with van der Waals surface area (Å²) in [7, 11) is 1.48. The summed E-state index contributed by atoms with van der Waals surface area (Å²) in [6, 6.07) is 8.78. The molecule has 4 aromatic rings. The van der Waals surface area contributed by atoms with E-state index in [0.29, 0.717) is 39.7 Å². The number of benzene rings is 2. The third kappa shape index (κ3) is 3.84. The zero-order valence-corrected chi connectivity index (χ0v) is 17.4. The second kappa shape index (κ2) is 8.15. The molecule has 1 amide bonds. The fourth-order valence-electron chi connectivity index (χ4n) is 3.24. The second-order valence-corrected chi connectivity index (χ2v) is 7.43. The van der Waals surface area contributed by atoms with E-state index >= 15 is 0 Å². The van der Waals surface area contributed by atoms with Crippen molar-refractivity contribution in [2.45, 2.75) is 13.5 Å². The van der Waals surface area contributed by atoms with Gasteiger partial charge in [-0.25, -0.2) is 9.37 Å². The van der Waals surface area contributed by atoms with Crippen molar-refractivity contribution in [1.29, 1.82) is 0 Å². The van der Waals surface area contributed by atoms with Crippen LogP contribution in [0.1, 0.15) is 17.3 Å². The third-order valence-electron chi connectivity index (χ3n) is 4.72. The van der Waals surface area contributed by atoms with Crippen LogP contribution in [-0.4, -0.2) is 27.6 Å². The average Bonchev–Trinajstić information content (AvgIpc) is 3.22. The van der Waals surface area contributed by atoms with Gasteiger partial charge in [-0.3, -0.25) is 19.7 Å². The topological polar surface area (TPSA) is 106 Å². The quantitative estimate of drug-likeness (QED) is 0.464. The summed E-state index contributed by atoms with van der Waals surface area (Å²) in [4.78, 5) is 43.4. The van der Waals surface area contributed by atoms with Crippen molar-refractivity contribution in [2.24, 2.45) is 0 Å². The number of aromatic amines is 1.